The van der Waals surface area contributed by atoms with Crippen LogP contribution in [0.25, 0.3) is 0 Å². The summed E-state index contributed by atoms with van der Waals surface area (Å²) in [6.07, 6.45) is 1.32. The van der Waals surface area contributed by atoms with Gasteiger partial charge in [-0.2, -0.15) is 0 Å². The van der Waals surface area contributed by atoms with Crippen LogP contribution in [-0.2, 0) is 16.1 Å². The Balaban J connectivity index is 1.79. The standard InChI is InChI=1S/C17H22FNO3/c1-17(2,3)22-16(20)19-8-4-5-14(19)15-13-7-6-12(18)9-11(13)10-21-15/h6-7,9,14-15H,4-5,8,10H2,1-3H3. The number of likely N-dealkylation sites (tertiary alicyclic amines) is 1. The minimum Gasteiger partial charge on any atom is -0.444 e. The fourth-order valence-electron chi connectivity index (χ4n) is 3.22. The molecule has 0 aromatic heterocycles. The van der Waals surface area contributed by atoms with Gasteiger partial charge in [-0.25, -0.2) is 9.18 Å². The fraction of sp³-hybridized carbons (Fsp3) is 0.588. The number of fused-ring (bicyclic) bond motifs is 1. The van der Waals surface area contributed by atoms with E-state index in [-0.39, 0.29) is 24.1 Å². The first kappa shape index (κ1) is 15.3. The normalized spacial score (nSPS) is 24.5. The molecule has 22 heavy (non-hydrogen) atoms. The van der Waals surface area contributed by atoms with Crippen molar-refractivity contribution in [1.29, 1.82) is 0 Å². The van der Waals surface area contributed by atoms with E-state index in [1.54, 1.807) is 11.0 Å². The van der Waals surface area contributed by atoms with Gasteiger partial charge in [-0.3, -0.25) is 0 Å². The van der Waals surface area contributed by atoms with E-state index in [9.17, 15) is 9.18 Å². The zero-order chi connectivity index (χ0) is 15.9. The third-order valence-corrected chi connectivity index (χ3v) is 4.11. The molecule has 2 heterocycles. The van der Waals surface area contributed by atoms with Crippen molar-refractivity contribution < 1.29 is 18.7 Å². The molecule has 1 fully saturated rings. The summed E-state index contributed by atoms with van der Waals surface area (Å²) in [6.45, 7) is 6.66. The molecule has 1 aromatic carbocycles. The lowest BCUT2D eigenvalue weighted by Crippen LogP contribution is -2.42. The van der Waals surface area contributed by atoms with Crippen molar-refractivity contribution in [2.45, 2.75) is 58.0 Å². The second-order valence-electron chi connectivity index (χ2n) is 6.96. The number of amides is 1. The third-order valence-electron chi connectivity index (χ3n) is 4.11. The van der Waals surface area contributed by atoms with E-state index in [2.05, 4.69) is 0 Å². The van der Waals surface area contributed by atoms with Gasteiger partial charge in [0.2, 0.25) is 0 Å². The molecule has 5 heteroatoms. The molecule has 0 radical (unpaired) electrons. The van der Waals surface area contributed by atoms with Crippen molar-refractivity contribution in [3.8, 4) is 0 Å². The number of hydrogen-bond acceptors (Lipinski definition) is 3. The van der Waals surface area contributed by atoms with Crippen LogP contribution in [0.1, 0.15) is 50.8 Å². The molecule has 4 nitrogen and oxygen atoms in total. The van der Waals surface area contributed by atoms with Crippen LogP contribution in [0.5, 0.6) is 0 Å². The first-order valence-corrected chi connectivity index (χ1v) is 7.75. The Labute approximate surface area is 130 Å². The molecule has 2 aliphatic rings. The van der Waals surface area contributed by atoms with Gasteiger partial charge < -0.3 is 14.4 Å². The highest BCUT2D eigenvalue weighted by Gasteiger charge is 2.41. The lowest BCUT2D eigenvalue weighted by molar-refractivity contribution is -0.0151. The molecule has 120 valence electrons. The zero-order valence-corrected chi connectivity index (χ0v) is 13.3. The van der Waals surface area contributed by atoms with E-state index in [0.717, 1.165) is 24.0 Å². The van der Waals surface area contributed by atoms with Gasteiger partial charge in [0.15, 0.2) is 0 Å². The molecule has 2 atom stereocenters. The van der Waals surface area contributed by atoms with Gasteiger partial charge in [-0.05, 0) is 56.9 Å². The quantitative estimate of drug-likeness (QED) is 0.792. The van der Waals surface area contributed by atoms with Crippen LogP contribution in [0.4, 0.5) is 9.18 Å². The van der Waals surface area contributed by atoms with E-state index < -0.39 is 5.60 Å². The summed E-state index contributed by atoms with van der Waals surface area (Å²) < 4.78 is 24.7. The number of carbonyl (C=O) groups is 1. The fourth-order valence-corrected chi connectivity index (χ4v) is 3.22. The molecule has 0 N–H and O–H groups in total. The molecule has 0 spiro atoms. The molecule has 1 aromatic rings. The van der Waals surface area contributed by atoms with Crippen LogP contribution in [0, 0.1) is 5.82 Å². The molecule has 2 unspecified atom stereocenters. The van der Waals surface area contributed by atoms with Gasteiger partial charge in [0, 0.05) is 6.54 Å². The van der Waals surface area contributed by atoms with E-state index in [4.69, 9.17) is 9.47 Å². The summed E-state index contributed by atoms with van der Waals surface area (Å²) in [6, 6.07) is 4.70. The molecule has 0 saturated carbocycles. The van der Waals surface area contributed by atoms with Gasteiger partial charge in [-0.1, -0.05) is 6.07 Å². The molecule has 3 rings (SSSR count). The molecular formula is C17H22FNO3. The first-order valence-electron chi connectivity index (χ1n) is 7.75. The SMILES string of the molecule is CC(C)(C)OC(=O)N1CCCC1C1OCc2cc(F)ccc21. The van der Waals surface area contributed by atoms with E-state index in [0.29, 0.717) is 13.2 Å². The molecular weight excluding hydrogens is 285 g/mol. The van der Waals surface area contributed by atoms with E-state index in [1.807, 2.05) is 20.8 Å². The second kappa shape index (κ2) is 5.54. The van der Waals surface area contributed by atoms with Crippen LogP contribution in [0.3, 0.4) is 0 Å². The lowest BCUT2D eigenvalue weighted by Gasteiger charge is -2.31. The summed E-state index contributed by atoms with van der Waals surface area (Å²) in [5, 5.41) is 0. The summed E-state index contributed by atoms with van der Waals surface area (Å²) in [4.78, 5) is 14.1. The molecule has 2 aliphatic heterocycles. The van der Waals surface area contributed by atoms with Crippen LogP contribution >= 0.6 is 0 Å². The van der Waals surface area contributed by atoms with Crippen molar-refractivity contribution in [2.24, 2.45) is 0 Å². The first-order chi connectivity index (χ1) is 10.3. The third kappa shape index (κ3) is 2.95. The number of hydrogen-bond donors (Lipinski definition) is 0. The predicted octanol–water partition coefficient (Wildman–Crippen LogP) is 3.80. The Kier molecular flexibility index (Phi) is 3.85. The van der Waals surface area contributed by atoms with Gasteiger partial charge in [0.05, 0.1) is 12.6 Å². The minimum absolute atomic E-state index is 0.0402. The maximum absolute atomic E-state index is 13.3. The van der Waals surface area contributed by atoms with Crippen molar-refractivity contribution in [3.05, 3.63) is 35.1 Å². The average molecular weight is 307 g/mol. The molecule has 1 saturated heterocycles. The number of rotatable bonds is 1. The summed E-state index contributed by atoms with van der Waals surface area (Å²) in [5.74, 6) is -0.251. The highest BCUT2D eigenvalue weighted by atomic mass is 19.1. The number of nitrogens with zero attached hydrogens (tertiary/aromatic N) is 1. The summed E-state index contributed by atoms with van der Waals surface area (Å²) in [7, 11) is 0. The highest BCUT2D eigenvalue weighted by molar-refractivity contribution is 5.69. The Hall–Kier alpha value is -1.62. The van der Waals surface area contributed by atoms with Crippen molar-refractivity contribution in [1.82, 2.24) is 4.90 Å². The number of benzene rings is 1. The van der Waals surface area contributed by atoms with Crippen molar-refractivity contribution in [2.75, 3.05) is 6.54 Å². The number of halogens is 1. The van der Waals surface area contributed by atoms with E-state index in [1.165, 1.54) is 12.1 Å². The maximum Gasteiger partial charge on any atom is 0.410 e. The van der Waals surface area contributed by atoms with Crippen molar-refractivity contribution >= 4 is 6.09 Å². The predicted molar refractivity (Wildman–Crippen MR) is 79.9 cm³/mol. The minimum atomic E-state index is -0.512. The van der Waals surface area contributed by atoms with Gasteiger partial charge in [0.1, 0.15) is 17.5 Å². The Bertz CT molecular complexity index is 582. The van der Waals surface area contributed by atoms with Crippen LogP contribution in [0.15, 0.2) is 18.2 Å². The molecule has 0 aliphatic carbocycles. The van der Waals surface area contributed by atoms with E-state index >= 15 is 0 Å². The molecule has 0 bridgehead atoms. The monoisotopic (exact) mass is 307 g/mol. The summed E-state index contributed by atoms with van der Waals surface area (Å²) in [5.41, 5.74) is 1.35. The Morgan fingerprint density at radius 2 is 2.18 bits per heavy atom. The van der Waals surface area contributed by atoms with Gasteiger partial charge >= 0.3 is 6.09 Å². The maximum atomic E-state index is 13.3. The largest absolute Gasteiger partial charge is 0.444 e. The van der Waals surface area contributed by atoms with Crippen LogP contribution < -0.4 is 0 Å². The Morgan fingerprint density at radius 1 is 1.41 bits per heavy atom. The van der Waals surface area contributed by atoms with Crippen LogP contribution in [-0.4, -0.2) is 29.2 Å². The lowest BCUT2D eigenvalue weighted by atomic mass is 9.98. The smallest absolute Gasteiger partial charge is 0.410 e. The topological polar surface area (TPSA) is 38.8 Å². The highest BCUT2D eigenvalue weighted by Crippen LogP contribution is 2.39. The number of carbonyl (C=O) groups excluding carboxylic acids is 1. The van der Waals surface area contributed by atoms with Gasteiger partial charge in [0.25, 0.3) is 0 Å². The molecule has 1 amide bonds. The summed E-state index contributed by atoms with van der Waals surface area (Å²) >= 11 is 0. The number of ether oxygens (including phenoxy) is 2. The van der Waals surface area contributed by atoms with Crippen molar-refractivity contribution in [3.63, 3.8) is 0 Å². The second-order valence-corrected chi connectivity index (χ2v) is 6.96. The van der Waals surface area contributed by atoms with Gasteiger partial charge in [-0.15, -0.1) is 0 Å². The van der Waals surface area contributed by atoms with Crippen LogP contribution in [0.2, 0.25) is 0 Å². The average Bonchev–Trinajstić information content (AvgIpc) is 3.00. The zero-order valence-electron chi connectivity index (χ0n) is 13.3. The Morgan fingerprint density at radius 3 is 2.91 bits per heavy atom.